The molecule has 0 aromatic heterocycles. The van der Waals surface area contributed by atoms with Crippen LogP contribution in [0.15, 0.2) is 24.3 Å². The highest BCUT2D eigenvalue weighted by Crippen LogP contribution is 2.14. The minimum atomic E-state index is 0.0829. The van der Waals surface area contributed by atoms with Crippen molar-refractivity contribution in [3.63, 3.8) is 0 Å². The van der Waals surface area contributed by atoms with Crippen LogP contribution in [0.3, 0.4) is 0 Å². The van der Waals surface area contributed by atoms with E-state index in [0.29, 0.717) is 31.6 Å². The molecule has 0 unspecified atom stereocenters. The van der Waals surface area contributed by atoms with Gasteiger partial charge in [0.2, 0.25) is 11.8 Å². The number of nitrogens with one attached hydrogen (secondary N) is 1. The highest BCUT2D eigenvalue weighted by Gasteiger charge is 2.23. The number of piperidine rings is 1. The van der Waals surface area contributed by atoms with E-state index in [1.54, 1.807) is 0 Å². The molecule has 21 heavy (non-hydrogen) atoms. The molecular weight excluding hydrogens is 266 g/mol. The number of hydrogen-bond acceptors (Lipinski definition) is 3. The fraction of sp³-hybridized carbons (Fsp3) is 0.500. The zero-order valence-corrected chi connectivity index (χ0v) is 12.5. The molecular formula is C16H23N3O2. The van der Waals surface area contributed by atoms with Crippen LogP contribution in [0.25, 0.3) is 0 Å². The van der Waals surface area contributed by atoms with Crippen LogP contribution in [0.2, 0.25) is 0 Å². The second-order valence-corrected chi connectivity index (χ2v) is 5.50. The van der Waals surface area contributed by atoms with Gasteiger partial charge in [0.15, 0.2) is 0 Å². The van der Waals surface area contributed by atoms with E-state index in [4.69, 9.17) is 5.73 Å². The molecule has 1 saturated heterocycles. The van der Waals surface area contributed by atoms with Crippen molar-refractivity contribution in [1.82, 2.24) is 10.2 Å². The Hall–Kier alpha value is -2.04. The summed E-state index contributed by atoms with van der Waals surface area (Å²) in [7, 11) is 0. The molecule has 0 spiro atoms. The Kier molecular flexibility index (Phi) is 5.20. The van der Waals surface area contributed by atoms with Crippen molar-refractivity contribution < 1.29 is 9.59 Å². The summed E-state index contributed by atoms with van der Waals surface area (Å²) in [4.78, 5) is 25.5. The molecule has 0 bridgehead atoms. The lowest BCUT2D eigenvalue weighted by molar-refractivity contribution is -0.131. The predicted molar refractivity (Wildman–Crippen MR) is 82.6 cm³/mol. The predicted octanol–water partition coefficient (Wildman–Crippen LogP) is 1.33. The molecule has 3 N–H and O–H groups in total. The van der Waals surface area contributed by atoms with Gasteiger partial charge in [0.1, 0.15) is 0 Å². The number of amides is 2. The molecule has 1 aromatic rings. The summed E-state index contributed by atoms with van der Waals surface area (Å²) in [6, 6.07) is 7.64. The highest BCUT2D eigenvalue weighted by atomic mass is 16.2. The third-order valence-corrected chi connectivity index (χ3v) is 3.84. The second-order valence-electron chi connectivity index (χ2n) is 5.50. The molecule has 0 aliphatic carbocycles. The van der Waals surface area contributed by atoms with Crippen molar-refractivity contribution >= 4 is 17.5 Å². The third kappa shape index (κ3) is 4.48. The van der Waals surface area contributed by atoms with Crippen LogP contribution in [0, 0.1) is 0 Å². The molecule has 1 heterocycles. The van der Waals surface area contributed by atoms with E-state index < -0.39 is 0 Å². The molecule has 0 saturated carbocycles. The van der Waals surface area contributed by atoms with Crippen LogP contribution in [0.4, 0.5) is 5.69 Å². The summed E-state index contributed by atoms with van der Waals surface area (Å²) < 4.78 is 0. The lowest BCUT2D eigenvalue weighted by atomic mass is 10.0. The van der Waals surface area contributed by atoms with Crippen LogP contribution in [-0.2, 0) is 16.0 Å². The van der Waals surface area contributed by atoms with Crippen LogP contribution < -0.4 is 11.1 Å². The summed E-state index contributed by atoms with van der Waals surface area (Å²) in [6.07, 6.45) is 2.55. The van der Waals surface area contributed by atoms with Crippen molar-refractivity contribution in [2.45, 2.75) is 38.6 Å². The summed E-state index contributed by atoms with van der Waals surface area (Å²) >= 11 is 0. The minimum absolute atomic E-state index is 0.0829. The Morgan fingerprint density at radius 3 is 2.67 bits per heavy atom. The molecule has 0 radical (unpaired) electrons. The number of benzene rings is 1. The van der Waals surface area contributed by atoms with Crippen LogP contribution in [-0.4, -0.2) is 35.8 Å². The van der Waals surface area contributed by atoms with Gasteiger partial charge in [-0.15, -0.1) is 0 Å². The minimum Gasteiger partial charge on any atom is -0.399 e. The maximum atomic E-state index is 12.3. The number of carbonyl (C=O) groups is 2. The van der Waals surface area contributed by atoms with Gasteiger partial charge in [-0.2, -0.15) is 0 Å². The first kappa shape index (κ1) is 15.4. The zero-order valence-electron chi connectivity index (χ0n) is 12.5. The van der Waals surface area contributed by atoms with Crippen LogP contribution >= 0.6 is 0 Å². The number of nitrogens with zero attached hydrogens (tertiary/aromatic N) is 1. The van der Waals surface area contributed by atoms with Crippen molar-refractivity contribution in [3.05, 3.63) is 29.8 Å². The quantitative estimate of drug-likeness (QED) is 0.821. The lowest BCUT2D eigenvalue weighted by Crippen LogP contribution is -2.46. The Balaban J connectivity index is 1.82. The van der Waals surface area contributed by atoms with E-state index in [-0.39, 0.29) is 17.9 Å². The van der Waals surface area contributed by atoms with Crippen LogP contribution in [0.5, 0.6) is 0 Å². The standard InChI is InChI=1S/C16H23N3O2/c1-2-15(20)18-14-6-8-19(9-7-14)16(21)11-12-4-3-5-13(17)10-12/h3-5,10,14H,2,6-9,11,17H2,1H3,(H,18,20). The maximum Gasteiger partial charge on any atom is 0.226 e. The third-order valence-electron chi connectivity index (χ3n) is 3.84. The average Bonchev–Trinajstić information content (AvgIpc) is 2.47. The first-order valence-electron chi connectivity index (χ1n) is 7.50. The Morgan fingerprint density at radius 2 is 2.05 bits per heavy atom. The van der Waals surface area contributed by atoms with Crippen molar-refractivity contribution in [2.75, 3.05) is 18.8 Å². The molecule has 114 valence electrons. The summed E-state index contributed by atoms with van der Waals surface area (Å²) in [5.41, 5.74) is 7.35. The molecule has 5 heteroatoms. The van der Waals surface area contributed by atoms with Gasteiger partial charge in [-0.1, -0.05) is 19.1 Å². The average molecular weight is 289 g/mol. The second kappa shape index (κ2) is 7.11. The number of carbonyl (C=O) groups excluding carboxylic acids is 2. The topological polar surface area (TPSA) is 75.4 Å². The van der Waals surface area contributed by atoms with Gasteiger partial charge in [0, 0.05) is 31.2 Å². The van der Waals surface area contributed by atoms with Gasteiger partial charge in [0.05, 0.1) is 6.42 Å². The van der Waals surface area contributed by atoms with E-state index in [0.717, 1.165) is 18.4 Å². The summed E-state index contributed by atoms with van der Waals surface area (Å²) in [5.74, 6) is 0.209. The molecule has 2 rings (SSSR count). The fourth-order valence-corrected chi connectivity index (χ4v) is 2.59. The lowest BCUT2D eigenvalue weighted by Gasteiger charge is -2.32. The number of anilines is 1. The number of likely N-dealkylation sites (tertiary alicyclic amines) is 1. The van der Waals surface area contributed by atoms with Gasteiger partial charge in [0.25, 0.3) is 0 Å². The van der Waals surface area contributed by atoms with Crippen molar-refractivity contribution in [3.8, 4) is 0 Å². The van der Waals surface area contributed by atoms with Gasteiger partial charge in [-0.05, 0) is 30.5 Å². The van der Waals surface area contributed by atoms with E-state index in [2.05, 4.69) is 5.32 Å². The van der Waals surface area contributed by atoms with Crippen LogP contribution in [0.1, 0.15) is 31.7 Å². The fourth-order valence-electron chi connectivity index (χ4n) is 2.59. The van der Waals surface area contributed by atoms with Gasteiger partial charge < -0.3 is 16.0 Å². The first-order valence-corrected chi connectivity index (χ1v) is 7.50. The van der Waals surface area contributed by atoms with Gasteiger partial charge in [-0.3, -0.25) is 9.59 Å². The normalized spacial score (nSPS) is 15.8. The summed E-state index contributed by atoms with van der Waals surface area (Å²) in [5, 5.41) is 2.99. The van der Waals surface area contributed by atoms with E-state index in [1.807, 2.05) is 36.1 Å². The number of hydrogen-bond donors (Lipinski definition) is 2. The van der Waals surface area contributed by atoms with E-state index in [1.165, 1.54) is 0 Å². The Bertz CT molecular complexity index is 508. The molecule has 2 amide bonds. The molecule has 5 nitrogen and oxygen atoms in total. The SMILES string of the molecule is CCC(=O)NC1CCN(C(=O)Cc2cccc(N)c2)CC1. The zero-order chi connectivity index (χ0) is 15.2. The van der Waals surface area contributed by atoms with Crippen molar-refractivity contribution in [2.24, 2.45) is 0 Å². The maximum absolute atomic E-state index is 12.3. The number of rotatable bonds is 4. The van der Waals surface area contributed by atoms with E-state index >= 15 is 0 Å². The van der Waals surface area contributed by atoms with Gasteiger partial charge >= 0.3 is 0 Å². The van der Waals surface area contributed by atoms with Gasteiger partial charge in [-0.25, -0.2) is 0 Å². The molecule has 1 aromatic carbocycles. The Labute approximate surface area is 125 Å². The highest BCUT2D eigenvalue weighted by molar-refractivity contribution is 5.79. The number of nitrogens with two attached hydrogens (primary N) is 1. The first-order chi connectivity index (χ1) is 10.1. The van der Waals surface area contributed by atoms with E-state index in [9.17, 15) is 9.59 Å². The molecule has 1 aliphatic rings. The molecule has 0 atom stereocenters. The summed E-state index contributed by atoms with van der Waals surface area (Å²) in [6.45, 7) is 3.26. The smallest absolute Gasteiger partial charge is 0.226 e. The monoisotopic (exact) mass is 289 g/mol. The molecule has 1 fully saturated rings. The Morgan fingerprint density at radius 1 is 1.33 bits per heavy atom. The molecule has 1 aliphatic heterocycles. The van der Waals surface area contributed by atoms with Crippen molar-refractivity contribution in [1.29, 1.82) is 0 Å². The largest absolute Gasteiger partial charge is 0.399 e. The number of nitrogen functional groups attached to an aromatic ring is 1.